The van der Waals surface area contributed by atoms with Gasteiger partial charge in [-0.05, 0) is 24.6 Å². The van der Waals surface area contributed by atoms with Gasteiger partial charge in [-0.2, -0.15) is 0 Å². The molecule has 4 nitrogen and oxygen atoms in total. The number of nitrogens with one attached hydrogen (secondary N) is 1. The van der Waals surface area contributed by atoms with E-state index in [9.17, 15) is 8.42 Å². The van der Waals surface area contributed by atoms with Gasteiger partial charge in [0.15, 0.2) is 0 Å². The molecule has 0 spiro atoms. The Balaban J connectivity index is 1.73. The van der Waals surface area contributed by atoms with E-state index in [1.54, 1.807) is 18.2 Å². The van der Waals surface area contributed by atoms with Gasteiger partial charge in [0.1, 0.15) is 5.01 Å². The molecule has 2 aromatic carbocycles. The molecule has 1 aromatic heterocycles. The summed E-state index contributed by atoms with van der Waals surface area (Å²) in [4.78, 5) is 4.76. The van der Waals surface area contributed by atoms with Crippen LogP contribution in [-0.2, 0) is 16.6 Å². The zero-order chi connectivity index (χ0) is 16.3. The first-order valence-electron chi connectivity index (χ1n) is 7.11. The Hall–Kier alpha value is -2.02. The van der Waals surface area contributed by atoms with E-state index in [4.69, 9.17) is 0 Å². The topological polar surface area (TPSA) is 59.1 Å². The Morgan fingerprint density at radius 3 is 2.61 bits per heavy atom. The molecule has 118 valence electrons. The molecule has 0 aliphatic carbocycles. The quantitative estimate of drug-likeness (QED) is 0.769. The Morgan fingerprint density at radius 2 is 1.87 bits per heavy atom. The van der Waals surface area contributed by atoms with Crippen LogP contribution < -0.4 is 4.72 Å². The van der Waals surface area contributed by atoms with E-state index in [0.717, 1.165) is 16.1 Å². The number of aryl methyl sites for hydroxylation is 1. The summed E-state index contributed by atoms with van der Waals surface area (Å²) in [5, 5.41) is 2.76. The van der Waals surface area contributed by atoms with Gasteiger partial charge < -0.3 is 0 Å². The van der Waals surface area contributed by atoms with Crippen LogP contribution >= 0.6 is 11.3 Å². The standard InChI is InChI=1S/C17H16N2O2S2/c1-13-6-5-9-16(10-13)23(20,21)18-11-15-12-22-17(19-15)14-7-3-2-4-8-14/h2-10,12,18H,11H2,1H3. The number of rotatable bonds is 5. The fourth-order valence-electron chi connectivity index (χ4n) is 2.14. The van der Waals surface area contributed by atoms with Crippen molar-refractivity contribution in [1.29, 1.82) is 0 Å². The summed E-state index contributed by atoms with van der Waals surface area (Å²) in [6.45, 7) is 2.05. The highest BCUT2D eigenvalue weighted by molar-refractivity contribution is 7.89. The Morgan fingerprint density at radius 1 is 1.09 bits per heavy atom. The van der Waals surface area contributed by atoms with Crippen LogP contribution in [0.25, 0.3) is 10.6 Å². The SMILES string of the molecule is Cc1cccc(S(=O)(=O)NCc2csc(-c3ccccc3)n2)c1. The van der Waals surface area contributed by atoms with Crippen LogP contribution in [0.4, 0.5) is 0 Å². The van der Waals surface area contributed by atoms with E-state index in [-0.39, 0.29) is 11.4 Å². The summed E-state index contributed by atoms with van der Waals surface area (Å²) >= 11 is 1.51. The van der Waals surface area contributed by atoms with Gasteiger partial charge in [-0.15, -0.1) is 11.3 Å². The molecule has 0 unspecified atom stereocenters. The van der Waals surface area contributed by atoms with Crippen LogP contribution in [0.3, 0.4) is 0 Å². The lowest BCUT2D eigenvalue weighted by Gasteiger charge is -2.06. The smallest absolute Gasteiger partial charge is 0.240 e. The van der Waals surface area contributed by atoms with Crippen LogP contribution in [0.15, 0.2) is 64.9 Å². The Kier molecular flexibility index (Phi) is 4.56. The minimum Gasteiger partial charge on any atom is -0.240 e. The van der Waals surface area contributed by atoms with Gasteiger partial charge in [-0.25, -0.2) is 18.1 Å². The predicted molar refractivity (Wildman–Crippen MR) is 92.8 cm³/mol. The molecule has 6 heteroatoms. The van der Waals surface area contributed by atoms with Crippen molar-refractivity contribution in [2.45, 2.75) is 18.4 Å². The van der Waals surface area contributed by atoms with Crippen molar-refractivity contribution in [3.8, 4) is 10.6 Å². The average molecular weight is 344 g/mol. The van der Waals surface area contributed by atoms with Gasteiger partial charge in [0.2, 0.25) is 10.0 Å². The van der Waals surface area contributed by atoms with Gasteiger partial charge >= 0.3 is 0 Å². The normalized spacial score (nSPS) is 11.5. The third-order valence-corrected chi connectivity index (χ3v) is 5.65. The third-order valence-electron chi connectivity index (χ3n) is 3.32. The molecule has 0 fully saturated rings. The lowest BCUT2D eigenvalue weighted by molar-refractivity contribution is 0.580. The summed E-state index contributed by atoms with van der Waals surface area (Å²) in [6.07, 6.45) is 0. The molecule has 0 saturated heterocycles. The highest BCUT2D eigenvalue weighted by atomic mass is 32.2. The molecule has 0 bridgehead atoms. The van der Waals surface area contributed by atoms with Crippen molar-refractivity contribution in [1.82, 2.24) is 9.71 Å². The molecule has 1 N–H and O–H groups in total. The Labute approximate surface area is 139 Å². The van der Waals surface area contributed by atoms with E-state index in [0.29, 0.717) is 5.69 Å². The summed E-state index contributed by atoms with van der Waals surface area (Å²) in [6, 6.07) is 16.7. The molecule has 3 rings (SSSR count). The number of sulfonamides is 1. The van der Waals surface area contributed by atoms with Crippen molar-refractivity contribution < 1.29 is 8.42 Å². The lowest BCUT2D eigenvalue weighted by Crippen LogP contribution is -2.23. The van der Waals surface area contributed by atoms with E-state index in [2.05, 4.69) is 9.71 Å². The molecule has 0 amide bonds. The first kappa shape index (κ1) is 15.9. The highest BCUT2D eigenvalue weighted by Crippen LogP contribution is 2.23. The number of aromatic nitrogens is 1. The zero-order valence-electron chi connectivity index (χ0n) is 12.6. The van der Waals surface area contributed by atoms with Gasteiger partial charge in [-0.3, -0.25) is 0 Å². The second kappa shape index (κ2) is 6.62. The summed E-state index contributed by atoms with van der Waals surface area (Å²) in [5.41, 5.74) is 2.66. The van der Waals surface area contributed by atoms with E-state index in [1.807, 2.05) is 48.7 Å². The average Bonchev–Trinajstić information content (AvgIpc) is 3.03. The number of benzene rings is 2. The second-order valence-electron chi connectivity index (χ2n) is 5.15. The van der Waals surface area contributed by atoms with Crippen molar-refractivity contribution >= 4 is 21.4 Å². The van der Waals surface area contributed by atoms with Crippen molar-refractivity contribution in [2.75, 3.05) is 0 Å². The molecular formula is C17H16N2O2S2. The molecule has 0 saturated carbocycles. The highest BCUT2D eigenvalue weighted by Gasteiger charge is 2.14. The summed E-state index contributed by atoms with van der Waals surface area (Å²) in [7, 11) is -3.52. The first-order chi connectivity index (χ1) is 11.0. The van der Waals surface area contributed by atoms with Crippen LogP contribution in [0.5, 0.6) is 0 Å². The molecule has 23 heavy (non-hydrogen) atoms. The molecule has 0 aliphatic heterocycles. The molecule has 3 aromatic rings. The van der Waals surface area contributed by atoms with E-state index < -0.39 is 10.0 Å². The first-order valence-corrected chi connectivity index (χ1v) is 9.47. The Bertz CT molecular complexity index is 903. The summed E-state index contributed by atoms with van der Waals surface area (Å²) < 4.78 is 27.2. The van der Waals surface area contributed by atoms with Gasteiger partial charge in [0.05, 0.1) is 17.1 Å². The zero-order valence-corrected chi connectivity index (χ0v) is 14.2. The maximum Gasteiger partial charge on any atom is 0.240 e. The van der Waals surface area contributed by atoms with Gasteiger partial charge in [0.25, 0.3) is 0 Å². The number of hydrogen-bond acceptors (Lipinski definition) is 4. The fraction of sp³-hybridized carbons (Fsp3) is 0.118. The van der Waals surface area contributed by atoms with Crippen molar-refractivity contribution in [2.24, 2.45) is 0 Å². The number of thiazole rings is 1. The van der Waals surface area contributed by atoms with Crippen LogP contribution in [0.1, 0.15) is 11.3 Å². The fourth-order valence-corrected chi connectivity index (χ4v) is 4.07. The molecule has 0 aliphatic rings. The minimum atomic E-state index is -3.52. The molecular weight excluding hydrogens is 328 g/mol. The van der Waals surface area contributed by atoms with Crippen molar-refractivity contribution in [3.05, 3.63) is 71.2 Å². The van der Waals surface area contributed by atoms with E-state index >= 15 is 0 Å². The monoisotopic (exact) mass is 344 g/mol. The predicted octanol–water partition coefficient (Wildman–Crippen LogP) is 3.60. The van der Waals surface area contributed by atoms with Gasteiger partial charge in [-0.1, -0.05) is 42.5 Å². The van der Waals surface area contributed by atoms with Crippen LogP contribution in [-0.4, -0.2) is 13.4 Å². The van der Waals surface area contributed by atoms with Crippen molar-refractivity contribution in [3.63, 3.8) is 0 Å². The largest absolute Gasteiger partial charge is 0.240 e. The van der Waals surface area contributed by atoms with Gasteiger partial charge in [0, 0.05) is 10.9 Å². The molecule has 0 atom stereocenters. The minimum absolute atomic E-state index is 0.180. The molecule has 0 radical (unpaired) electrons. The third kappa shape index (κ3) is 3.85. The lowest BCUT2D eigenvalue weighted by atomic mass is 10.2. The maximum atomic E-state index is 12.3. The van der Waals surface area contributed by atoms with E-state index in [1.165, 1.54) is 11.3 Å². The number of hydrogen-bond donors (Lipinski definition) is 1. The van der Waals surface area contributed by atoms with Crippen LogP contribution in [0.2, 0.25) is 0 Å². The molecule has 1 heterocycles. The summed E-state index contributed by atoms with van der Waals surface area (Å²) in [5.74, 6) is 0. The van der Waals surface area contributed by atoms with Crippen LogP contribution in [0, 0.1) is 6.92 Å². The second-order valence-corrected chi connectivity index (χ2v) is 7.78. The number of nitrogens with zero attached hydrogens (tertiary/aromatic N) is 1. The maximum absolute atomic E-state index is 12.3.